The zero-order valence-electron chi connectivity index (χ0n) is 15.0. The molecule has 3 nitrogen and oxygen atoms in total. The zero-order chi connectivity index (χ0) is 17.6. The molecule has 0 amide bonds. The summed E-state index contributed by atoms with van der Waals surface area (Å²) in [5, 5.41) is 0. The predicted octanol–water partition coefficient (Wildman–Crippen LogP) is 3.39. The van der Waals surface area contributed by atoms with Gasteiger partial charge in [-0.2, -0.15) is 0 Å². The van der Waals surface area contributed by atoms with E-state index in [0.29, 0.717) is 25.7 Å². The molecule has 0 aliphatic heterocycles. The van der Waals surface area contributed by atoms with E-state index in [0.717, 1.165) is 12.8 Å². The third-order valence-corrected chi connectivity index (χ3v) is 10.8. The topological polar surface area (TPSA) is 43.4 Å². The SMILES string of the molecule is CC(C)OS(=O)(=O)C[C@]12CC[C@H](C[C@H]1[Se]c1ccccc1)C2(C)C. The monoisotopic (exact) mass is 416 g/mol. The Balaban J connectivity index is 1.90. The minimum atomic E-state index is -3.49. The van der Waals surface area contributed by atoms with E-state index >= 15 is 0 Å². The molecule has 0 aromatic heterocycles. The second-order valence-electron chi connectivity index (χ2n) is 8.12. The summed E-state index contributed by atoms with van der Waals surface area (Å²) in [7, 11) is -3.49. The van der Waals surface area contributed by atoms with Crippen molar-refractivity contribution in [3.63, 3.8) is 0 Å². The van der Waals surface area contributed by atoms with Gasteiger partial charge in [-0.15, -0.1) is 0 Å². The summed E-state index contributed by atoms with van der Waals surface area (Å²) in [6, 6.07) is 10.6. The van der Waals surface area contributed by atoms with Crippen molar-refractivity contribution in [3.8, 4) is 0 Å². The van der Waals surface area contributed by atoms with Gasteiger partial charge in [0.05, 0.1) is 0 Å². The van der Waals surface area contributed by atoms with E-state index in [1.54, 1.807) is 13.8 Å². The third kappa shape index (κ3) is 3.21. The van der Waals surface area contributed by atoms with Crippen LogP contribution in [0.2, 0.25) is 4.82 Å². The maximum absolute atomic E-state index is 12.7. The fraction of sp³-hybridized carbons (Fsp3) is 0.684. The fourth-order valence-electron chi connectivity index (χ4n) is 4.81. The molecule has 0 heterocycles. The first kappa shape index (κ1) is 18.4. The number of hydrogen-bond acceptors (Lipinski definition) is 3. The molecule has 0 N–H and O–H groups in total. The van der Waals surface area contributed by atoms with Crippen LogP contribution >= 0.6 is 0 Å². The Hall–Kier alpha value is -0.351. The summed E-state index contributed by atoms with van der Waals surface area (Å²) in [6.45, 7) is 8.16. The molecular weight excluding hydrogens is 387 g/mol. The maximum atomic E-state index is 12.7. The van der Waals surface area contributed by atoms with Gasteiger partial charge in [0.1, 0.15) is 0 Å². The summed E-state index contributed by atoms with van der Waals surface area (Å²) in [5.41, 5.74) is -0.0666. The molecule has 0 unspecified atom stereocenters. The van der Waals surface area contributed by atoms with Crippen molar-refractivity contribution in [1.29, 1.82) is 0 Å². The number of hydrogen-bond donors (Lipinski definition) is 0. The summed E-state index contributed by atoms with van der Waals surface area (Å²) >= 11 is 0.307. The molecule has 2 saturated carbocycles. The first-order chi connectivity index (χ1) is 11.2. The first-order valence-electron chi connectivity index (χ1n) is 8.79. The van der Waals surface area contributed by atoms with Crippen LogP contribution in [0.1, 0.15) is 47.0 Å². The predicted molar refractivity (Wildman–Crippen MR) is 99.1 cm³/mol. The molecule has 2 fully saturated rings. The summed E-state index contributed by atoms with van der Waals surface area (Å²) in [6.07, 6.45) is 3.06. The molecule has 5 heteroatoms. The van der Waals surface area contributed by atoms with Gasteiger partial charge in [-0.05, 0) is 0 Å². The van der Waals surface area contributed by atoms with Crippen LogP contribution in [0.3, 0.4) is 0 Å². The molecule has 3 rings (SSSR count). The van der Waals surface area contributed by atoms with Crippen molar-refractivity contribution in [1.82, 2.24) is 0 Å². The van der Waals surface area contributed by atoms with E-state index in [1.165, 1.54) is 10.9 Å². The van der Waals surface area contributed by atoms with Crippen molar-refractivity contribution < 1.29 is 12.6 Å². The molecule has 3 atom stereocenters. The summed E-state index contributed by atoms with van der Waals surface area (Å²) < 4.78 is 32.0. The third-order valence-electron chi connectivity index (χ3n) is 6.15. The Bertz CT molecular complexity index is 684. The van der Waals surface area contributed by atoms with Gasteiger partial charge in [0.2, 0.25) is 0 Å². The number of benzene rings is 1. The van der Waals surface area contributed by atoms with Gasteiger partial charge in [0.15, 0.2) is 0 Å². The van der Waals surface area contributed by atoms with Crippen molar-refractivity contribution in [2.45, 2.75) is 57.9 Å². The first-order valence-corrected chi connectivity index (χ1v) is 12.2. The average molecular weight is 415 g/mol. The summed E-state index contributed by atoms with van der Waals surface area (Å²) in [5.74, 6) is 0.823. The molecular formula is C19H28O3SSe. The molecule has 24 heavy (non-hydrogen) atoms. The van der Waals surface area contributed by atoms with E-state index in [9.17, 15) is 8.42 Å². The standard InChI is InChI=1S/C19H28O3SSe/c1-14(2)22-23(20,21)13-19-11-10-15(18(19,3)4)12-17(19)24-16-8-6-5-7-9-16/h5-9,14-15,17H,10-13H2,1-4H3/t15-,17-,19-/m1/s1. The van der Waals surface area contributed by atoms with E-state index < -0.39 is 10.1 Å². The van der Waals surface area contributed by atoms with Crippen LogP contribution in [0.5, 0.6) is 0 Å². The normalized spacial score (nSPS) is 31.7. The minimum absolute atomic E-state index is 0.0710. The van der Waals surface area contributed by atoms with Crippen molar-refractivity contribution in [2.24, 2.45) is 16.7 Å². The van der Waals surface area contributed by atoms with Crippen LogP contribution in [0.25, 0.3) is 0 Å². The van der Waals surface area contributed by atoms with Crippen LogP contribution < -0.4 is 4.46 Å². The zero-order valence-corrected chi connectivity index (χ0v) is 17.5. The molecule has 1 aromatic rings. The van der Waals surface area contributed by atoms with E-state index in [-0.39, 0.29) is 22.7 Å². The Kier molecular flexibility index (Phi) is 4.94. The molecule has 0 radical (unpaired) electrons. The van der Waals surface area contributed by atoms with Gasteiger partial charge >= 0.3 is 153 Å². The van der Waals surface area contributed by atoms with Crippen molar-refractivity contribution in [2.75, 3.05) is 5.75 Å². The van der Waals surface area contributed by atoms with Gasteiger partial charge < -0.3 is 0 Å². The van der Waals surface area contributed by atoms with Crippen LogP contribution in [-0.2, 0) is 14.3 Å². The number of rotatable bonds is 6. The van der Waals surface area contributed by atoms with Gasteiger partial charge in [-0.25, -0.2) is 0 Å². The number of fused-ring (bicyclic) bond motifs is 2. The molecule has 2 bridgehead atoms. The van der Waals surface area contributed by atoms with Crippen LogP contribution in [0, 0.1) is 16.7 Å². The van der Waals surface area contributed by atoms with Crippen LogP contribution in [-0.4, -0.2) is 35.2 Å². The van der Waals surface area contributed by atoms with Gasteiger partial charge in [0, 0.05) is 0 Å². The Morgan fingerprint density at radius 2 is 1.92 bits per heavy atom. The second-order valence-corrected chi connectivity index (χ2v) is 12.4. The Morgan fingerprint density at radius 3 is 2.50 bits per heavy atom. The van der Waals surface area contributed by atoms with E-state index in [1.807, 2.05) is 6.07 Å². The second kappa shape index (κ2) is 6.42. The van der Waals surface area contributed by atoms with Gasteiger partial charge in [0.25, 0.3) is 0 Å². The molecule has 134 valence electrons. The van der Waals surface area contributed by atoms with Crippen molar-refractivity contribution >= 4 is 29.5 Å². The average Bonchev–Trinajstić information content (AvgIpc) is 2.81. The molecule has 1 aromatic carbocycles. The molecule has 2 aliphatic rings. The van der Waals surface area contributed by atoms with Crippen molar-refractivity contribution in [3.05, 3.63) is 30.3 Å². The quantitative estimate of drug-likeness (QED) is 0.529. The van der Waals surface area contributed by atoms with Gasteiger partial charge in [-0.1, -0.05) is 0 Å². The van der Waals surface area contributed by atoms with Crippen LogP contribution in [0.4, 0.5) is 0 Å². The van der Waals surface area contributed by atoms with Crippen LogP contribution in [0.15, 0.2) is 30.3 Å². The fourth-order valence-corrected chi connectivity index (χ4v) is 10.6. The Morgan fingerprint density at radius 1 is 1.25 bits per heavy atom. The molecule has 0 saturated heterocycles. The van der Waals surface area contributed by atoms with E-state index in [2.05, 4.69) is 38.1 Å². The molecule has 2 aliphatic carbocycles. The Labute approximate surface area is 152 Å². The van der Waals surface area contributed by atoms with Gasteiger partial charge in [-0.3, -0.25) is 0 Å². The summed E-state index contributed by atoms with van der Waals surface area (Å²) in [4.78, 5) is 0.478. The van der Waals surface area contributed by atoms with E-state index in [4.69, 9.17) is 4.18 Å². The molecule has 0 spiro atoms.